The summed E-state index contributed by atoms with van der Waals surface area (Å²) in [4.78, 5) is 48.7. The summed E-state index contributed by atoms with van der Waals surface area (Å²) in [6.45, 7) is 4.72. The van der Waals surface area contributed by atoms with Gasteiger partial charge in [-0.3, -0.25) is 14.4 Å². The molecule has 0 spiro atoms. The molecule has 1 aromatic rings. The van der Waals surface area contributed by atoms with E-state index in [4.69, 9.17) is 24.1 Å². The van der Waals surface area contributed by atoms with E-state index in [9.17, 15) is 19.2 Å². The SMILES string of the molecule is COCC(NC(=O)C(CC(=O)O)NC(=O)OC(C)(C)C)C(=O)NCc1cccc(OC)c1OC. The Bertz CT molecular complexity index is 868. The van der Waals surface area contributed by atoms with Crippen molar-refractivity contribution in [3.8, 4) is 11.5 Å². The highest BCUT2D eigenvalue weighted by Crippen LogP contribution is 2.30. The summed E-state index contributed by atoms with van der Waals surface area (Å²) in [5.74, 6) is -1.87. The minimum Gasteiger partial charge on any atom is -0.493 e. The summed E-state index contributed by atoms with van der Waals surface area (Å²) >= 11 is 0. The molecule has 0 bridgehead atoms. The van der Waals surface area contributed by atoms with Crippen molar-refractivity contribution in [1.82, 2.24) is 16.0 Å². The van der Waals surface area contributed by atoms with Gasteiger partial charge in [0.2, 0.25) is 11.8 Å². The maximum atomic E-state index is 12.7. The van der Waals surface area contributed by atoms with E-state index >= 15 is 0 Å². The molecule has 3 amide bonds. The third-order valence-electron chi connectivity index (χ3n) is 4.29. The van der Waals surface area contributed by atoms with Gasteiger partial charge in [0.25, 0.3) is 0 Å². The Balaban J connectivity index is 2.91. The molecule has 12 nitrogen and oxygen atoms in total. The van der Waals surface area contributed by atoms with Crippen molar-refractivity contribution >= 4 is 23.9 Å². The number of hydrogen-bond acceptors (Lipinski definition) is 8. The highest BCUT2D eigenvalue weighted by atomic mass is 16.6. The Hall–Kier alpha value is -3.54. The molecule has 190 valence electrons. The first kappa shape index (κ1) is 28.5. The molecule has 0 saturated heterocycles. The Labute approximate surface area is 198 Å². The summed E-state index contributed by atoms with van der Waals surface area (Å²) < 4.78 is 20.7. The molecule has 0 aliphatic carbocycles. The van der Waals surface area contributed by atoms with E-state index in [0.29, 0.717) is 17.1 Å². The molecule has 0 fully saturated rings. The van der Waals surface area contributed by atoms with Crippen LogP contribution in [-0.4, -0.2) is 74.6 Å². The summed E-state index contributed by atoms with van der Waals surface area (Å²) in [5, 5.41) is 16.4. The largest absolute Gasteiger partial charge is 0.493 e. The lowest BCUT2D eigenvalue weighted by atomic mass is 10.1. The number of para-hydroxylation sites is 1. The lowest BCUT2D eigenvalue weighted by Crippen LogP contribution is -2.56. The molecule has 0 aliphatic heterocycles. The maximum Gasteiger partial charge on any atom is 0.408 e. The molecule has 0 saturated carbocycles. The van der Waals surface area contributed by atoms with Crippen LogP contribution in [0.15, 0.2) is 18.2 Å². The number of nitrogens with one attached hydrogen (secondary N) is 3. The van der Waals surface area contributed by atoms with Gasteiger partial charge >= 0.3 is 12.1 Å². The summed E-state index contributed by atoms with van der Waals surface area (Å²) in [7, 11) is 4.30. The topological polar surface area (TPSA) is 162 Å². The van der Waals surface area contributed by atoms with Crippen LogP contribution in [0.25, 0.3) is 0 Å². The van der Waals surface area contributed by atoms with Gasteiger partial charge in [-0.05, 0) is 26.8 Å². The van der Waals surface area contributed by atoms with Crippen molar-refractivity contribution in [2.24, 2.45) is 0 Å². The number of alkyl carbamates (subject to hydrolysis) is 1. The average molecular weight is 484 g/mol. The first-order chi connectivity index (χ1) is 15.9. The number of carbonyl (C=O) groups excluding carboxylic acids is 3. The highest BCUT2D eigenvalue weighted by molar-refractivity contribution is 5.93. The van der Waals surface area contributed by atoms with Gasteiger partial charge in [-0.15, -0.1) is 0 Å². The number of carboxylic acids is 1. The van der Waals surface area contributed by atoms with E-state index in [1.807, 2.05) is 0 Å². The van der Waals surface area contributed by atoms with Gasteiger partial charge in [0, 0.05) is 19.2 Å². The van der Waals surface area contributed by atoms with Gasteiger partial charge in [0.05, 0.1) is 27.2 Å². The van der Waals surface area contributed by atoms with Gasteiger partial charge in [-0.1, -0.05) is 12.1 Å². The van der Waals surface area contributed by atoms with Gasteiger partial charge in [-0.2, -0.15) is 0 Å². The normalized spacial score (nSPS) is 12.6. The molecule has 2 unspecified atom stereocenters. The lowest BCUT2D eigenvalue weighted by Gasteiger charge is -2.24. The number of rotatable bonds is 12. The monoisotopic (exact) mass is 483 g/mol. The number of aliphatic carboxylic acids is 1. The smallest absolute Gasteiger partial charge is 0.408 e. The Morgan fingerprint density at radius 3 is 2.18 bits per heavy atom. The van der Waals surface area contributed by atoms with Crippen LogP contribution in [0.2, 0.25) is 0 Å². The fraction of sp³-hybridized carbons (Fsp3) is 0.545. The van der Waals surface area contributed by atoms with Crippen LogP contribution >= 0.6 is 0 Å². The molecular formula is C22H33N3O9. The first-order valence-corrected chi connectivity index (χ1v) is 10.4. The molecule has 0 aromatic heterocycles. The third kappa shape index (κ3) is 9.53. The van der Waals surface area contributed by atoms with Crippen LogP contribution in [0.3, 0.4) is 0 Å². The molecule has 1 aromatic carbocycles. The van der Waals surface area contributed by atoms with Crippen molar-refractivity contribution in [2.75, 3.05) is 27.9 Å². The van der Waals surface area contributed by atoms with Gasteiger partial charge in [0.15, 0.2) is 11.5 Å². The van der Waals surface area contributed by atoms with E-state index in [2.05, 4.69) is 16.0 Å². The molecule has 34 heavy (non-hydrogen) atoms. The van der Waals surface area contributed by atoms with E-state index in [0.717, 1.165) is 0 Å². The number of amides is 3. The molecule has 1 rings (SSSR count). The standard InChI is InChI=1S/C22H33N3O9/c1-22(2,3)34-21(30)25-14(10-17(26)27)20(29)24-15(12-31-4)19(28)23-11-13-8-7-9-16(32-5)18(13)33-6/h7-9,14-15H,10-12H2,1-6H3,(H,23,28)(H,24,29)(H,25,30)(H,26,27). The molecular weight excluding hydrogens is 450 g/mol. The summed E-state index contributed by atoms with van der Waals surface area (Å²) in [6.07, 6.45) is -1.68. The second-order valence-electron chi connectivity index (χ2n) is 8.18. The number of methoxy groups -OCH3 is 3. The van der Waals surface area contributed by atoms with E-state index < -0.39 is 48.0 Å². The van der Waals surface area contributed by atoms with Crippen LogP contribution in [0.1, 0.15) is 32.8 Å². The summed E-state index contributed by atoms with van der Waals surface area (Å²) in [6, 6.07) is 2.54. The number of benzene rings is 1. The zero-order valence-corrected chi connectivity index (χ0v) is 20.2. The molecule has 0 radical (unpaired) electrons. The van der Waals surface area contributed by atoms with Crippen LogP contribution in [0.4, 0.5) is 4.79 Å². The molecule has 12 heteroatoms. The van der Waals surface area contributed by atoms with Crippen LogP contribution in [-0.2, 0) is 30.4 Å². The number of carboxylic acid groups (broad SMARTS) is 1. The predicted molar refractivity (Wildman–Crippen MR) is 121 cm³/mol. The number of hydrogen-bond donors (Lipinski definition) is 4. The van der Waals surface area contributed by atoms with Crippen molar-refractivity contribution < 1.29 is 43.2 Å². The molecule has 0 heterocycles. The second kappa shape index (κ2) is 13.2. The van der Waals surface area contributed by atoms with Gasteiger partial charge < -0.3 is 40.0 Å². The third-order valence-corrected chi connectivity index (χ3v) is 4.29. The zero-order chi connectivity index (χ0) is 25.9. The second-order valence-corrected chi connectivity index (χ2v) is 8.18. The molecule has 4 N–H and O–H groups in total. The molecule has 2 atom stereocenters. The minimum absolute atomic E-state index is 0.0595. The minimum atomic E-state index is -1.47. The number of ether oxygens (including phenoxy) is 4. The van der Waals surface area contributed by atoms with Crippen LogP contribution in [0, 0.1) is 0 Å². The summed E-state index contributed by atoms with van der Waals surface area (Å²) in [5.41, 5.74) is -0.221. The Morgan fingerprint density at radius 2 is 1.65 bits per heavy atom. The van der Waals surface area contributed by atoms with Crippen molar-refractivity contribution in [2.45, 2.75) is 51.4 Å². The highest BCUT2D eigenvalue weighted by Gasteiger charge is 2.30. The average Bonchev–Trinajstić information content (AvgIpc) is 2.74. The van der Waals surface area contributed by atoms with Crippen LogP contribution in [0.5, 0.6) is 11.5 Å². The Morgan fingerprint density at radius 1 is 0.971 bits per heavy atom. The fourth-order valence-corrected chi connectivity index (χ4v) is 2.85. The quantitative estimate of drug-likeness (QED) is 0.337. The van der Waals surface area contributed by atoms with E-state index in [1.165, 1.54) is 21.3 Å². The van der Waals surface area contributed by atoms with Gasteiger partial charge in [-0.25, -0.2) is 4.79 Å². The van der Waals surface area contributed by atoms with Crippen LogP contribution < -0.4 is 25.4 Å². The van der Waals surface area contributed by atoms with Gasteiger partial charge in [0.1, 0.15) is 17.7 Å². The molecule has 0 aliphatic rings. The predicted octanol–water partition coefficient (Wildman–Crippen LogP) is 0.819. The van der Waals surface area contributed by atoms with E-state index in [1.54, 1.807) is 39.0 Å². The van der Waals surface area contributed by atoms with E-state index in [-0.39, 0.29) is 13.2 Å². The maximum absolute atomic E-state index is 12.7. The first-order valence-electron chi connectivity index (χ1n) is 10.4. The lowest BCUT2D eigenvalue weighted by molar-refractivity contribution is -0.140. The van der Waals surface area contributed by atoms with Crippen molar-refractivity contribution in [3.05, 3.63) is 23.8 Å². The van der Waals surface area contributed by atoms with Crippen molar-refractivity contribution in [3.63, 3.8) is 0 Å². The zero-order valence-electron chi connectivity index (χ0n) is 20.2. The fourth-order valence-electron chi connectivity index (χ4n) is 2.85. The number of carbonyl (C=O) groups is 4. The van der Waals surface area contributed by atoms with Crippen molar-refractivity contribution in [1.29, 1.82) is 0 Å². The Kier molecular flexibility index (Phi) is 11.1.